The standard InChI is InChI=1S/C34H65O6PSi2/c1-23(2)42(24(3)4,25(5)6)37-22-31-33(36-21-30-19-17-16-18-20-30)32(29(13)34(38-31)39-41(14,15)35)40-43(26(7)8,27(9)10)28(11)12/h16-20,23-29,31-34H,21-22H2,1-15H3. The van der Waals surface area contributed by atoms with Gasteiger partial charge in [0.25, 0.3) is 0 Å². The van der Waals surface area contributed by atoms with Gasteiger partial charge in [-0.25, -0.2) is 0 Å². The average molecular weight is 657 g/mol. The predicted octanol–water partition coefficient (Wildman–Crippen LogP) is 10.2. The molecule has 0 spiro atoms. The van der Waals surface area contributed by atoms with Crippen LogP contribution in [-0.4, -0.2) is 61.2 Å². The Kier molecular flexibility index (Phi) is 14.5. The molecule has 1 aliphatic rings. The maximum atomic E-state index is 13.0. The first kappa shape index (κ1) is 38.9. The molecule has 0 N–H and O–H groups in total. The third-order valence-electron chi connectivity index (χ3n) is 9.84. The van der Waals surface area contributed by atoms with Gasteiger partial charge in [0.05, 0.1) is 19.3 Å². The summed E-state index contributed by atoms with van der Waals surface area (Å²) in [5.74, 6) is -0.185. The summed E-state index contributed by atoms with van der Waals surface area (Å²) in [6.45, 7) is 33.9. The Balaban J connectivity index is 2.66. The van der Waals surface area contributed by atoms with Crippen LogP contribution in [0.1, 0.15) is 95.6 Å². The van der Waals surface area contributed by atoms with Gasteiger partial charge in [-0.3, -0.25) is 9.09 Å². The highest BCUT2D eigenvalue weighted by molar-refractivity contribution is 7.57. The van der Waals surface area contributed by atoms with E-state index in [1.54, 1.807) is 13.3 Å². The van der Waals surface area contributed by atoms with Crippen molar-refractivity contribution >= 4 is 24.0 Å². The van der Waals surface area contributed by atoms with Gasteiger partial charge in [-0.2, -0.15) is 0 Å². The Hall–Kier alpha value is -0.316. The summed E-state index contributed by atoms with van der Waals surface area (Å²) in [5, 5.41) is 0. The van der Waals surface area contributed by atoms with Gasteiger partial charge in [0, 0.05) is 19.2 Å². The van der Waals surface area contributed by atoms with Crippen molar-refractivity contribution < 1.29 is 27.4 Å². The van der Waals surface area contributed by atoms with Gasteiger partial charge in [-0.15, -0.1) is 0 Å². The molecule has 43 heavy (non-hydrogen) atoms. The van der Waals surface area contributed by atoms with Crippen molar-refractivity contribution in [2.45, 2.75) is 154 Å². The minimum absolute atomic E-state index is 0.185. The topological polar surface area (TPSA) is 63.2 Å². The van der Waals surface area contributed by atoms with Crippen molar-refractivity contribution in [2.75, 3.05) is 19.9 Å². The zero-order valence-corrected chi connectivity index (χ0v) is 32.9. The van der Waals surface area contributed by atoms with Gasteiger partial charge in [-0.05, 0) is 38.8 Å². The zero-order chi connectivity index (χ0) is 32.9. The van der Waals surface area contributed by atoms with Crippen molar-refractivity contribution in [3.05, 3.63) is 35.9 Å². The van der Waals surface area contributed by atoms with Gasteiger partial charge in [0.1, 0.15) is 12.2 Å². The molecule has 9 heteroatoms. The minimum Gasteiger partial charge on any atom is -0.413 e. The van der Waals surface area contributed by atoms with Crippen LogP contribution in [0.3, 0.4) is 0 Å². The zero-order valence-electron chi connectivity index (χ0n) is 30.0. The van der Waals surface area contributed by atoms with Crippen LogP contribution < -0.4 is 0 Å². The van der Waals surface area contributed by atoms with E-state index >= 15 is 0 Å². The van der Waals surface area contributed by atoms with Crippen molar-refractivity contribution in [3.63, 3.8) is 0 Å². The fourth-order valence-electron chi connectivity index (χ4n) is 8.06. The largest absolute Gasteiger partial charge is 0.413 e. The van der Waals surface area contributed by atoms with Crippen LogP contribution in [-0.2, 0) is 34.0 Å². The third-order valence-corrected chi connectivity index (χ3v) is 22.7. The summed E-state index contributed by atoms with van der Waals surface area (Å²) >= 11 is 0. The van der Waals surface area contributed by atoms with E-state index in [0.29, 0.717) is 46.5 Å². The summed E-state index contributed by atoms with van der Waals surface area (Å²) in [7, 11) is -7.39. The van der Waals surface area contributed by atoms with Gasteiger partial charge in [0.2, 0.25) is 8.32 Å². The van der Waals surface area contributed by atoms with Crippen LogP contribution >= 0.6 is 7.37 Å². The van der Waals surface area contributed by atoms with E-state index in [9.17, 15) is 4.57 Å². The number of hydrogen-bond acceptors (Lipinski definition) is 6. The molecule has 0 aliphatic carbocycles. The molecule has 1 saturated heterocycles. The first-order chi connectivity index (χ1) is 19.8. The fraction of sp³-hybridized carbons (Fsp3) is 0.824. The van der Waals surface area contributed by atoms with Crippen LogP contribution in [0.4, 0.5) is 0 Å². The molecule has 1 aliphatic heterocycles. The fourth-order valence-corrected chi connectivity index (χ4v) is 19.9. The first-order valence-electron chi connectivity index (χ1n) is 16.7. The van der Waals surface area contributed by atoms with Gasteiger partial charge >= 0.3 is 0 Å². The summed E-state index contributed by atoms with van der Waals surface area (Å²) in [6.07, 6.45) is -1.77. The number of rotatable bonds is 16. The Morgan fingerprint density at radius 2 is 1.21 bits per heavy atom. The van der Waals surface area contributed by atoms with E-state index in [1.807, 2.05) is 18.2 Å². The normalized spacial score (nSPS) is 24.3. The lowest BCUT2D eigenvalue weighted by Gasteiger charge is -2.52. The third kappa shape index (κ3) is 9.15. The molecule has 1 heterocycles. The molecule has 1 fully saturated rings. The molecule has 0 saturated carbocycles. The Bertz CT molecular complexity index is 966. The smallest absolute Gasteiger partial charge is 0.200 e. The van der Waals surface area contributed by atoms with E-state index in [2.05, 4.69) is 102 Å². The van der Waals surface area contributed by atoms with Crippen molar-refractivity contribution in [1.82, 2.24) is 0 Å². The first-order valence-corrected chi connectivity index (χ1v) is 23.5. The van der Waals surface area contributed by atoms with E-state index in [1.165, 1.54) is 0 Å². The highest BCUT2D eigenvalue weighted by Crippen LogP contribution is 2.49. The highest BCUT2D eigenvalue weighted by atomic mass is 31.2. The lowest BCUT2D eigenvalue weighted by molar-refractivity contribution is -0.264. The maximum absolute atomic E-state index is 13.0. The van der Waals surface area contributed by atoms with E-state index < -0.39 is 36.4 Å². The SMILES string of the molecule is CC1C(OP(C)(C)=O)OC(CO[Si](C(C)C)(C(C)C)C(C)C)C(OCc2ccccc2)C1O[Si](C(C)C)(C(C)C)C(C)C. The van der Waals surface area contributed by atoms with Crippen molar-refractivity contribution in [1.29, 1.82) is 0 Å². The van der Waals surface area contributed by atoms with E-state index in [4.69, 9.17) is 22.8 Å². The molecule has 2 rings (SSSR count). The summed E-state index contributed by atoms with van der Waals surface area (Å²) in [5.41, 5.74) is 3.62. The monoisotopic (exact) mass is 656 g/mol. The van der Waals surface area contributed by atoms with Crippen molar-refractivity contribution in [2.24, 2.45) is 5.92 Å². The van der Waals surface area contributed by atoms with E-state index in [0.717, 1.165) is 5.56 Å². The van der Waals surface area contributed by atoms with Crippen LogP contribution in [0.5, 0.6) is 0 Å². The average Bonchev–Trinajstić information content (AvgIpc) is 2.87. The Morgan fingerprint density at radius 1 is 0.744 bits per heavy atom. The number of benzene rings is 1. The molecule has 6 nitrogen and oxygen atoms in total. The second-order valence-corrected chi connectivity index (χ2v) is 28.6. The molecule has 0 radical (unpaired) electrons. The molecule has 0 aromatic heterocycles. The van der Waals surface area contributed by atoms with Crippen LogP contribution in [0.25, 0.3) is 0 Å². The highest BCUT2D eigenvalue weighted by Gasteiger charge is 2.55. The minimum atomic E-state index is -2.86. The van der Waals surface area contributed by atoms with Crippen LogP contribution in [0.2, 0.25) is 33.2 Å². The number of hydrogen-bond donors (Lipinski definition) is 0. The second kappa shape index (κ2) is 16.0. The second-order valence-electron chi connectivity index (χ2n) is 15.0. The predicted molar refractivity (Wildman–Crippen MR) is 186 cm³/mol. The number of ether oxygens (including phenoxy) is 2. The van der Waals surface area contributed by atoms with Gasteiger partial charge < -0.3 is 18.3 Å². The summed E-state index contributed by atoms with van der Waals surface area (Å²) in [6, 6.07) is 10.3. The molecule has 1 aromatic carbocycles. The lowest BCUT2D eigenvalue weighted by Crippen LogP contribution is -2.63. The molecule has 5 atom stereocenters. The van der Waals surface area contributed by atoms with E-state index in [-0.39, 0.29) is 18.1 Å². The molecule has 250 valence electrons. The van der Waals surface area contributed by atoms with Gasteiger partial charge in [0.15, 0.2) is 22.0 Å². The Labute approximate surface area is 267 Å². The molecule has 0 bridgehead atoms. The molecule has 5 unspecified atom stereocenters. The molecular formula is C34H65O6PSi2. The molecule has 1 aromatic rings. The molecular weight excluding hydrogens is 592 g/mol. The summed E-state index contributed by atoms with van der Waals surface area (Å²) < 4.78 is 47.5. The molecule has 0 amide bonds. The summed E-state index contributed by atoms with van der Waals surface area (Å²) in [4.78, 5) is 0. The van der Waals surface area contributed by atoms with Crippen molar-refractivity contribution in [3.8, 4) is 0 Å². The van der Waals surface area contributed by atoms with Crippen LogP contribution in [0, 0.1) is 5.92 Å². The Morgan fingerprint density at radius 3 is 1.63 bits per heavy atom. The van der Waals surface area contributed by atoms with Crippen LogP contribution in [0.15, 0.2) is 30.3 Å². The lowest BCUT2D eigenvalue weighted by atomic mass is 9.92. The quantitative estimate of drug-likeness (QED) is 0.130. The maximum Gasteiger partial charge on any atom is 0.200 e. The van der Waals surface area contributed by atoms with Gasteiger partial charge in [-0.1, -0.05) is 120 Å².